The highest BCUT2D eigenvalue weighted by Crippen LogP contribution is 2.11. The first-order chi connectivity index (χ1) is 5.71. The second-order valence-corrected chi connectivity index (χ2v) is 2.55. The van der Waals surface area contributed by atoms with Crippen LogP contribution >= 0.6 is 0 Å². The molecule has 0 aliphatic heterocycles. The van der Waals surface area contributed by atoms with Crippen LogP contribution in [-0.2, 0) is 14.3 Å². The molecule has 0 saturated carbocycles. The molecule has 2 atom stereocenters. The minimum Gasteiger partial charge on any atom is -0.469 e. The fourth-order valence-corrected chi connectivity index (χ4v) is 1.17. The maximum absolute atomic E-state index is 11.1. The van der Waals surface area contributed by atoms with E-state index in [1.807, 2.05) is 6.92 Å². The zero-order valence-electron chi connectivity index (χ0n) is 7.87. The lowest BCUT2D eigenvalue weighted by Crippen LogP contribution is -2.36. The summed E-state index contributed by atoms with van der Waals surface area (Å²) in [6.07, 6.45) is 0.621. The SMILES string of the molecule is CCC(OC)C(CN)C(=O)OC. The van der Waals surface area contributed by atoms with Crippen LogP contribution in [-0.4, -0.2) is 32.8 Å². The summed E-state index contributed by atoms with van der Waals surface area (Å²) in [4.78, 5) is 11.1. The van der Waals surface area contributed by atoms with E-state index < -0.39 is 0 Å². The number of ether oxygens (including phenoxy) is 2. The number of esters is 1. The van der Waals surface area contributed by atoms with Crippen molar-refractivity contribution in [2.75, 3.05) is 20.8 Å². The first-order valence-corrected chi connectivity index (χ1v) is 4.01. The number of hydrogen-bond donors (Lipinski definition) is 1. The molecular formula is C8H17NO3. The Labute approximate surface area is 73.0 Å². The van der Waals surface area contributed by atoms with Crippen LogP contribution in [0.15, 0.2) is 0 Å². The molecule has 4 nitrogen and oxygen atoms in total. The van der Waals surface area contributed by atoms with Gasteiger partial charge in [0.25, 0.3) is 0 Å². The van der Waals surface area contributed by atoms with Gasteiger partial charge >= 0.3 is 5.97 Å². The molecule has 0 bridgehead atoms. The molecule has 12 heavy (non-hydrogen) atoms. The van der Waals surface area contributed by atoms with E-state index in [1.54, 1.807) is 7.11 Å². The number of rotatable bonds is 5. The van der Waals surface area contributed by atoms with Gasteiger partial charge in [0.2, 0.25) is 0 Å². The summed E-state index contributed by atoms with van der Waals surface area (Å²) in [5.74, 6) is -0.642. The van der Waals surface area contributed by atoms with E-state index in [4.69, 9.17) is 10.5 Å². The lowest BCUT2D eigenvalue weighted by molar-refractivity contribution is -0.149. The van der Waals surface area contributed by atoms with Crippen LogP contribution in [0.2, 0.25) is 0 Å². The largest absolute Gasteiger partial charge is 0.469 e. The Bertz CT molecular complexity index is 134. The molecule has 0 heterocycles. The summed E-state index contributed by atoms with van der Waals surface area (Å²) in [5.41, 5.74) is 5.42. The van der Waals surface area contributed by atoms with Crippen molar-refractivity contribution in [2.45, 2.75) is 19.4 Å². The molecule has 2 unspecified atom stereocenters. The highest BCUT2D eigenvalue weighted by atomic mass is 16.5. The van der Waals surface area contributed by atoms with Gasteiger partial charge in [-0.2, -0.15) is 0 Å². The molecule has 4 heteroatoms. The summed E-state index contributed by atoms with van der Waals surface area (Å²) in [5, 5.41) is 0. The van der Waals surface area contributed by atoms with Gasteiger partial charge in [-0.25, -0.2) is 0 Å². The average Bonchev–Trinajstić information content (AvgIpc) is 2.12. The van der Waals surface area contributed by atoms with Gasteiger partial charge in [0.15, 0.2) is 0 Å². The van der Waals surface area contributed by atoms with Gasteiger partial charge in [0, 0.05) is 13.7 Å². The molecule has 0 fully saturated rings. The summed E-state index contributed by atoms with van der Waals surface area (Å²) in [7, 11) is 2.92. The normalized spacial score (nSPS) is 15.3. The van der Waals surface area contributed by atoms with Crippen molar-refractivity contribution in [3.63, 3.8) is 0 Å². The highest BCUT2D eigenvalue weighted by Gasteiger charge is 2.26. The molecule has 0 aliphatic rings. The molecule has 0 aromatic carbocycles. The smallest absolute Gasteiger partial charge is 0.312 e. The summed E-state index contributed by atoms with van der Waals surface area (Å²) in [6.45, 7) is 2.21. The van der Waals surface area contributed by atoms with Crippen molar-refractivity contribution in [3.8, 4) is 0 Å². The van der Waals surface area contributed by atoms with Crippen LogP contribution in [0.1, 0.15) is 13.3 Å². The standard InChI is InChI=1S/C8H17NO3/c1-4-7(11-2)6(5-9)8(10)12-3/h6-7H,4-5,9H2,1-3H3. The number of carbonyl (C=O) groups excluding carboxylic acids is 1. The average molecular weight is 175 g/mol. The lowest BCUT2D eigenvalue weighted by Gasteiger charge is -2.20. The molecule has 2 N–H and O–H groups in total. The van der Waals surface area contributed by atoms with Gasteiger partial charge in [0.05, 0.1) is 19.1 Å². The van der Waals surface area contributed by atoms with Gasteiger partial charge in [-0.05, 0) is 6.42 Å². The van der Waals surface area contributed by atoms with E-state index in [9.17, 15) is 4.79 Å². The third-order valence-electron chi connectivity index (χ3n) is 1.91. The van der Waals surface area contributed by atoms with E-state index >= 15 is 0 Å². The minimum absolute atomic E-state index is 0.137. The number of carbonyl (C=O) groups is 1. The summed E-state index contributed by atoms with van der Waals surface area (Å²) in [6, 6.07) is 0. The van der Waals surface area contributed by atoms with Gasteiger partial charge < -0.3 is 15.2 Å². The van der Waals surface area contributed by atoms with E-state index in [1.165, 1.54) is 7.11 Å². The predicted octanol–water partition coefficient (Wildman–Crippen LogP) is 0.159. The van der Waals surface area contributed by atoms with Crippen LogP contribution in [0.25, 0.3) is 0 Å². The minimum atomic E-state index is -0.343. The Kier molecular flexibility index (Phi) is 5.66. The Morgan fingerprint density at radius 2 is 2.08 bits per heavy atom. The van der Waals surface area contributed by atoms with Gasteiger partial charge in [0.1, 0.15) is 0 Å². The first kappa shape index (κ1) is 11.4. The second kappa shape index (κ2) is 5.97. The van der Waals surface area contributed by atoms with Crippen LogP contribution < -0.4 is 5.73 Å². The highest BCUT2D eigenvalue weighted by molar-refractivity contribution is 5.73. The molecule has 0 rings (SSSR count). The zero-order chi connectivity index (χ0) is 9.56. The molecule has 0 aromatic rings. The lowest BCUT2D eigenvalue weighted by atomic mass is 10.0. The first-order valence-electron chi connectivity index (χ1n) is 4.01. The number of hydrogen-bond acceptors (Lipinski definition) is 4. The van der Waals surface area contributed by atoms with Crippen molar-refractivity contribution in [3.05, 3.63) is 0 Å². The Hall–Kier alpha value is -0.610. The molecular weight excluding hydrogens is 158 g/mol. The van der Waals surface area contributed by atoms with Crippen molar-refractivity contribution >= 4 is 5.97 Å². The summed E-state index contributed by atoms with van der Waals surface area (Å²) < 4.78 is 9.68. The molecule has 0 spiro atoms. The van der Waals surface area contributed by atoms with Crippen LogP contribution in [0.4, 0.5) is 0 Å². The van der Waals surface area contributed by atoms with Crippen molar-refractivity contribution in [1.82, 2.24) is 0 Å². The second-order valence-electron chi connectivity index (χ2n) is 2.55. The maximum atomic E-state index is 11.1. The Balaban J connectivity index is 4.19. The van der Waals surface area contributed by atoms with Crippen molar-refractivity contribution in [1.29, 1.82) is 0 Å². The molecule has 0 radical (unpaired) electrons. The van der Waals surface area contributed by atoms with Crippen LogP contribution in [0.5, 0.6) is 0 Å². The Morgan fingerprint density at radius 3 is 2.33 bits per heavy atom. The topological polar surface area (TPSA) is 61.5 Å². The molecule has 0 aromatic heterocycles. The molecule has 0 amide bonds. The van der Waals surface area contributed by atoms with E-state index in [0.717, 1.165) is 6.42 Å². The van der Waals surface area contributed by atoms with Crippen LogP contribution in [0, 0.1) is 5.92 Å². The third kappa shape index (κ3) is 2.79. The zero-order valence-corrected chi connectivity index (χ0v) is 7.87. The van der Waals surface area contributed by atoms with Gasteiger partial charge in [-0.15, -0.1) is 0 Å². The molecule has 72 valence electrons. The van der Waals surface area contributed by atoms with Crippen molar-refractivity contribution < 1.29 is 14.3 Å². The Morgan fingerprint density at radius 1 is 1.50 bits per heavy atom. The summed E-state index contributed by atoms with van der Waals surface area (Å²) >= 11 is 0. The van der Waals surface area contributed by atoms with E-state index in [0.29, 0.717) is 0 Å². The quantitative estimate of drug-likeness (QED) is 0.604. The van der Waals surface area contributed by atoms with Crippen molar-refractivity contribution in [2.24, 2.45) is 11.7 Å². The molecule has 0 aliphatic carbocycles. The number of nitrogens with two attached hydrogens (primary N) is 1. The predicted molar refractivity (Wildman–Crippen MR) is 45.6 cm³/mol. The van der Waals surface area contributed by atoms with Gasteiger partial charge in [-0.3, -0.25) is 4.79 Å². The van der Waals surface area contributed by atoms with Crippen LogP contribution in [0.3, 0.4) is 0 Å². The van der Waals surface area contributed by atoms with Gasteiger partial charge in [-0.1, -0.05) is 6.92 Å². The third-order valence-corrected chi connectivity index (χ3v) is 1.91. The fourth-order valence-electron chi connectivity index (χ4n) is 1.17. The molecule has 0 saturated heterocycles. The number of methoxy groups -OCH3 is 2. The van der Waals surface area contributed by atoms with E-state index in [-0.39, 0.29) is 24.5 Å². The van der Waals surface area contributed by atoms with E-state index in [2.05, 4.69) is 4.74 Å². The monoisotopic (exact) mass is 175 g/mol. The maximum Gasteiger partial charge on any atom is 0.312 e. The fraction of sp³-hybridized carbons (Fsp3) is 0.875.